The zero-order chi connectivity index (χ0) is 13.7. The molecule has 0 aliphatic heterocycles. The van der Waals surface area contributed by atoms with Crippen LogP contribution < -0.4 is 5.32 Å². The molecule has 0 aliphatic carbocycles. The molecule has 0 spiro atoms. The summed E-state index contributed by atoms with van der Waals surface area (Å²) in [5.74, 6) is 0. The summed E-state index contributed by atoms with van der Waals surface area (Å²) in [5, 5.41) is 14.5. The largest absolute Gasteiger partial charge is 0.372 e. The number of hydrogen-bond acceptors (Lipinski definition) is 3. The van der Waals surface area contributed by atoms with Crippen LogP contribution in [0.5, 0.6) is 0 Å². The topological polar surface area (TPSA) is 55.2 Å². The molecule has 0 amide bonds. The molecule has 0 aliphatic rings. The van der Waals surface area contributed by atoms with Gasteiger partial charge in [0.05, 0.1) is 0 Å². The van der Waals surface area contributed by atoms with E-state index in [2.05, 4.69) is 5.32 Å². The standard InChI is InChI=1S/C14H13ClN2O2/c15-12-6-4-5-11(9-12)14(10-17(18)19)16-13-7-2-1-3-8-13/h1-9,14,16H,10H2. The van der Waals surface area contributed by atoms with Crippen molar-refractivity contribution in [1.29, 1.82) is 0 Å². The van der Waals surface area contributed by atoms with Crippen molar-refractivity contribution in [3.63, 3.8) is 0 Å². The van der Waals surface area contributed by atoms with E-state index in [1.165, 1.54) is 0 Å². The molecule has 0 saturated carbocycles. The van der Waals surface area contributed by atoms with E-state index in [1.807, 2.05) is 36.4 Å². The molecule has 1 N–H and O–H groups in total. The number of rotatable bonds is 5. The zero-order valence-corrected chi connectivity index (χ0v) is 10.9. The van der Waals surface area contributed by atoms with Crippen molar-refractivity contribution in [3.8, 4) is 0 Å². The Kier molecular flexibility index (Phi) is 4.36. The molecule has 0 fully saturated rings. The van der Waals surface area contributed by atoms with Crippen molar-refractivity contribution in [1.82, 2.24) is 0 Å². The fourth-order valence-electron chi connectivity index (χ4n) is 1.84. The minimum atomic E-state index is -0.406. The lowest BCUT2D eigenvalue weighted by Crippen LogP contribution is -2.20. The fraction of sp³-hybridized carbons (Fsp3) is 0.143. The van der Waals surface area contributed by atoms with Gasteiger partial charge in [0, 0.05) is 15.6 Å². The van der Waals surface area contributed by atoms with Gasteiger partial charge in [-0.1, -0.05) is 41.9 Å². The monoisotopic (exact) mass is 276 g/mol. The Morgan fingerprint density at radius 1 is 1.16 bits per heavy atom. The Balaban J connectivity index is 2.23. The van der Waals surface area contributed by atoms with Gasteiger partial charge < -0.3 is 5.32 Å². The second kappa shape index (κ2) is 6.20. The van der Waals surface area contributed by atoms with Crippen molar-refractivity contribution >= 4 is 17.3 Å². The van der Waals surface area contributed by atoms with Gasteiger partial charge in [0.15, 0.2) is 0 Å². The maximum absolute atomic E-state index is 10.8. The van der Waals surface area contributed by atoms with E-state index in [4.69, 9.17) is 11.6 Å². The number of benzene rings is 2. The molecule has 5 heteroatoms. The highest BCUT2D eigenvalue weighted by Gasteiger charge is 2.17. The lowest BCUT2D eigenvalue weighted by Gasteiger charge is -2.16. The Labute approximate surface area is 116 Å². The molecule has 0 bridgehead atoms. The van der Waals surface area contributed by atoms with Gasteiger partial charge in [-0.15, -0.1) is 0 Å². The lowest BCUT2D eigenvalue weighted by atomic mass is 10.1. The number of halogens is 1. The normalized spacial score (nSPS) is 11.8. The minimum absolute atomic E-state index is 0.199. The highest BCUT2D eigenvalue weighted by Crippen LogP contribution is 2.22. The Morgan fingerprint density at radius 3 is 2.53 bits per heavy atom. The molecule has 98 valence electrons. The van der Waals surface area contributed by atoms with Crippen molar-refractivity contribution in [2.45, 2.75) is 6.04 Å². The molecule has 0 aromatic heterocycles. The summed E-state index contributed by atoms with van der Waals surface area (Å²) in [6.45, 7) is -0.199. The van der Waals surface area contributed by atoms with Crippen LogP contribution in [0.3, 0.4) is 0 Å². The van der Waals surface area contributed by atoms with Crippen molar-refractivity contribution in [3.05, 3.63) is 75.3 Å². The summed E-state index contributed by atoms with van der Waals surface area (Å²) < 4.78 is 0. The molecule has 2 aromatic carbocycles. The fourth-order valence-corrected chi connectivity index (χ4v) is 2.04. The molecule has 4 nitrogen and oxygen atoms in total. The van der Waals surface area contributed by atoms with E-state index >= 15 is 0 Å². The van der Waals surface area contributed by atoms with E-state index < -0.39 is 6.04 Å². The highest BCUT2D eigenvalue weighted by atomic mass is 35.5. The average Bonchev–Trinajstić information content (AvgIpc) is 2.39. The first-order valence-corrected chi connectivity index (χ1v) is 6.22. The number of para-hydroxylation sites is 1. The summed E-state index contributed by atoms with van der Waals surface area (Å²) in [6.07, 6.45) is 0. The minimum Gasteiger partial charge on any atom is -0.372 e. The number of nitro groups is 1. The van der Waals surface area contributed by atoms with Crippen LogP contribution in [-0.2, 0) is 0 Å². The molecule has 0 saturated heterocycles. The number of hydrogen-bond donors (Lipinski definition) is 1. The van der Waals surface area contributed by atoms with E-state index in [1.54, 1.807) is 18.2 Å². The van der Waals surface area contributed by atoms with Crippen molar-refractivity contribution < 1.29 is 4.92 Å². The van der Waals surface area contributed by atoms with Gasteiger partial charge in [-0.3, -0.25) is 10.1 Å². The maximum Gasteiger partial charge on any atom is 0.227 e. The summed E-state index contributed by atoms with van der Waals surface area (Å²) in [6, 6.07) is 16.1. The van der Waals surface area contributed by atoms with E-state index in [0.29, 0.717) is 5.02 Å². The Morgan fingerprint density at radius 2 is 1.89 bits per heavy atom. The number of nitrogens with one attached hydrogen (secondary N) is 1. The molecule has 0 radical (unpaired) electrons. The van der Waals surface area contributed by atoms with Crippen molar-refractivity contribution in [2.75, 3.05) is 11.9 Å². The second-order valence-electron chi connectivity index (χ2n) is 4.13. The van der Waals surface area contributed by atoms with Crippen LogP contribution in [0, 0.1) is 10.1 Å². The van der Waals surface area contributed by atoms with Crippen LogP contribution in [0.4, 0.5) is 5.69 Å². The van der Waals surface area contributed by atoms with Gasteiger partial charge in [0.1, 0.15) is 6.04 Å². The second-order valence-corrected chi connectivity index (χ2v) is 4.57. The zero-order valence-electron chi connectivity index (χ0n) is 10.1. The van der Waals surface area contributed by atoms with E-state index in [9.17, 15) is 10.1 Å². The van der Waals surface area contributed by atoms with Gasteiger partial charge in [-0.05, 0) is 29.8 Å². The van der Waals surface area contributed by atoms with Gasteiger partial charge in [-0.2, -0.15) is 0 Å². The maximum atomic E-state index is 10.8. The first-order chi connectivity index (χ1) is 9.15. The van der Waals surface area contributed by atoms with Crippen LogP contribution in [0.15, 0.2) is 54.6 Å². The van der Waals surface area contributed by atoms with Crippen LogP contribution in [0.2, 0.25) is 5.02 Å². The molecule has 1 unspecified atom stereocenters. The molecular weight excluding hydrogens is 264 g/mol. The molecule has 0 heterocycles. The first-order valence-electron chi connectivity index (χ1n) is 5.84. The van der Waals surface area contributed by atoms with E-state index in [0.717, 1.165) is 11.3 Å². The van der Waals surface area contributed by atoms with Crippen LogP contribution >= 0.6 is 11.6 Å². The molecule has 2 aromatic rings. The lowest BCUT2D eigenvalue weighted by molar-refractivity contribution is -0.482. The smallest absolute Gasteiger partial charge is 0.227 e. The molecule has 1 atom stereocenters. The van der Waals surface area contributed by atoms with Gasteiger partial charge >= 0.3 is 0 Å². The third-order valence-corrected chi connectivity index (χ3v) is 2.93. The van der Waals surface area contributed by atoms with Gasteiger partial charge in [-0.25, -0.2) is 0 Å². The quantitative estimate of drug-likeness (QED) is 0.668. The third kappa shape index (κ3) is 3.96. The van der Waals surface area contributed by atoms with Crippen LogP contribution in [0.1, 0.15) is 11.6 Å². The predicted molar refractivity (Wildman–Crippen MR) is 76.1 cm³/mol. The number of anilines is 1. The molecule has 2 rings (SSSR count). The van der Waals surface area contributed by atoms with Gasteiger partial charge in [0.25, 0.3) is 0 Å². The summed E-state index contributed by atoms with van der Waals surface area (Å²) in [5.41, 5.74) is 1.64. The molecular formula is C14H13ClN2O2. The van der Waals surface area contributed by atoms with E-state index in [-0.39, 0.29) is 11.5 Å². The highest BCUT2D eigenvalue weighted by molar-refractivity contribution is 6.30. The average molecular weight is 277 g/mol. The first kappa shape index (κ1) is 13.4. The predicted octanol–water partition coefficient (Wildman–Crippen LogP) is 3.77. The SMILES string of the molecule is O=[N+]([O-])CC(Nc1ccccc1)c1cccc(Cl)c1. The third-order valence-electron chi connectivity index (χ3n) is 2.70. The summed E-state index contributed by atoms with van der Waals surface area (Å²) in [7, 11) is 0. The van der Waals surface area contributed by atoms with Crippen molar-refractivity contribution in [2.24, 2.45) is 0 Å². The Bertz CT molecular complexity index is 560. The Hall–Kier alpha value is -2.07. The van der Waals surface area contributed by atoms with Crippen LogP contribution in [-0.4, -0.2) is 11.5 Å². The van der Waals surface area contributed by atoms with Crippen LogP contribution in [0.25, 0.3) is 0 Å². The summed E-state index contributed by atoms with van der Waals surface area (Å²) >= 11 is 5.93. The number of nitrogens with zero attached hydrogens (tertiary/aromatic N) is 1. The summed E-state index contributed by atoms with van der Waals surface area (Å²) in [4.78, 5) is 10.5. The van der Waals surface area contributed by atoms with Gasteiger partial charge in [0.2, 0.25) is 6.54 Å². The molecule has 19 heavy (non-hydrogen) atoms.